The number of H-pyrrole nitrogens is 1. The van der Waals surface area contributed by atoms with Crippen LogP contribution in [0.25, 0.3) is 32.6 Å². The molecular formula is C22H22N4S. The van der Waals surface area contributed by atoms with Crippen molar-refractivity contribution in [2.24, 2.45) is 0 Å². The predicted octanol–water partition coefficient (Wildman–Crippen LogP) is 4.71. The lowest BCUT2D eigenvalue weighted by atomic mass is 10.1. The number of aromatic nitrogens is 2. The standard InChI is InChI=1S/C22H22N4S/c1-25-11-13-26(14-12-25)22-24-20(21(27-22)16-7-3-2-4-8-16)18-15-23-19-10-6-5-9-17(18)19/h2-10,15,23H,11-14H2,1H3. The summed E-state index contributed by atoms with van der Waals surface area (Å²) in [6, 6.07) is 19.1. The number of piperazine rings is 1. The molecule has 2 aromatic carbocycles. The number of nitrogens with zero attached hydrogens (tertiary/aromatic N) is 3. The van der Waals surface area contributed by atoms with Crippen molar-refractivity contribution in [1.82, 2.24) is 14.9 Å². The van der Waals surface area contributed by atoms with Gasteiger partial charge in [0, 0.05) is 48.8 Å². The van der Waals surface area contributed by atoms with Gasteiger partial charge in [-0.1, -0.05) is 59.9 Å². The van der Waals surface area contributed by atoms with E-state index in [1.54, 1.807) is 0 Å². The maximum Gasteiger partial charge on any atom is 0.186 e. The third kappa shape index (κ3) is 3.03. The highest BCUT2D eigenvalue weighted by Gasteiger charge is 2.22. The quantitative estimate of drug-likeness (QED) is 0.564. The van der Waals surface area contributed by atoms with Crippen LogP contribution in [-0.2, 0) is 0 Å². The van der Waals surface area contributed by atoms with Crippen molar-refractivity contribution in [2.45, 2.75) is 0 Å². The van der Waals surface area contributed by atoms with Crippen molar-refractivity contribution in [3.05, 3.63) is 60.8 Å². The molecular weight excluding hydrogens is 352 g/mol. The van der Waals surface area contributed by atoms with Crippen LogP contribution in [0.4, 0.5) is 5.13 Å². The summed E-state index contributed by atoms with van der Waals surface area (Å²) in [5, 5.41) is 2.35. The van der Waals surface area contributed by atoms with E-state index in [9.17, 15) is 0 Å². The fourth-order valence-corrected chi connectivity index (χ4v) is 4.81. The molecule has 0 atom stereocenters. The molecule has 0 spiro atoms. The Labute approximate surface area is 163 Å². The second-order valence-electron chi connectivity index (χ2n) is 7.08. The van der Waals surface area contributed by atoms with E-state index in [2.05, 4.69) is 82.6 Å². The van der Waals surface area contributed by atoms with Crippen LogP contribution in [0.15, 0.2) is 60.8 Å². The summed E-state index contributed by atoms with van der Waals surface area (Å²) in [7, 11) is 2.19. The first-order chi connectivity index (χ1) is 13.3. The minimum atomic E-state index is 1.03. The minimum absolute atomic E-state index is 1.03. The summed E-state index contributed by atoms with van der Waals surface area (Å²) in [5.74, 6) is 0. The molecule has 0 aliphatic carbocycles. The molecule has 0 radical (unpaired) electrons. The van der Waals surface area contributed by atoms with Crippen LogP contribution in [0.5, 0.6) is 0 Å². The zero-order valence-electron chi connectivity index (χ0n) is 15.4. The topological polar surface area (TPSA) is 35.2 Å². The second kappa shape index (κ2) is 6.83. The molecule has 0 saturated carbocycles. The Morgan fingerprint density at radius 2 is 1.67 bits per heavy atom. The highest BCUT2D eigenvalue weighted by Crippen LogP contribution is 2.42. The molecule has 1 saturated heterocycles. The maximum atomic E-state index is 5.13. The monoisotopic (exact) mass is 374 g/mol. The largest absolute Gasteiger partial charge is 0.360 e. The maximum absolute atomic E-state index is 5.13. The van der Waals surface area contributed by atoms with Gasteiger partial charge in [-0.3, -0.25) is 0 Å². The first-order valence-corrected chi connectivity index (χ1v) is 10.2. The van der Waals surface area contributed by atoms with E-state index in [0.717, 1.165) is 42.5 Å². The van der Waals surface area contributed by atoms with Gasteiger partial charge < -0.3 is 14.8 Å². The Morgan fingerprint density at radius 1 is 0.926 bits per heavy atom. The van der Waals surface area contributed by atoms with Gasteiger partial charge in [-0.2, -0.15) is 0 Å². The molecule has 136 valence electrons. The first kappa shape index (κ1) is 16.5. The van der Waals surface area contributed by atoms with Gasteiger partial charge in [0.25, 0.3) is 0 Å². The Morgan fingerprint density at radius 3 is 2.48 bits per heavy atom. The van der Waals surface area contributed by atoms with E-state index in [0.29, 0.717) is 0 Å². The number of para-hydroxylation sites is 1. The number of likely N-dealkylation sites (N-methyl/N-ethyl adjacent to an activating group) is 1. The molecule has 0 unspecified atom stereocenters. The predicted molar refractivity (Wildman–Crippen MR) is 115 cm³/mol. The number of thiazole rings is 1. The van der Waals surface area contributed by atoms with Crippen LogP contribution in [0.3, 0.4) is 0 Å². The SMILES string of the molecule is CN1CCN(c2nc(-c3c[nH]c4ccccc34)c(-c3ccccc3)s2)CC1. The number of rotatable bonds is 3. The molecule has 1 aliphatic rings. The van der Waals surface area contributed by atoms with Gasteiger partial charge in [-0.15, -0.1) is 0 Å². The highest BCUT2D eigenvalue weighted by molar-refractivity contribution is 7.19. The molecule has 2 aromatic heterocycles. The van der Waals surface area contributed by atoms with Gasteiger partial charge in [-0.05, 0) is 18.7 Å². The summed E-state index contributed by atoms with van der Waals surface area (Å²) >= 11 is 1.81. The number of hydrogen-bond donors (Lipinski definition) is 1. The van der Waals surface area contributed by atoms with Gasteiger partial charge >= 0.3 is 0 Å². The number of hydrogen-bond acceptors (Lipinski definition) is 4. The fraction of sp³-hybridized carbons (Fsp3) is 0.227. The molecule has 3 heterocycles. The molecule has 1 aliphatic heterocycles. The third-order valence-electron chi connectivity index (χ3n) is 5.27. The van der Waals surface area contributed by atoms with E-state index in [4.69, 9.17) is 4.98 Å². The number of nitrogens with one attached hydrogen (secondary N) is 1. The zero-order valence-corrected chi connectivity index (χ0v) is 16.2. The molecule has 1 N–H and O–H groups in total. The average Bonchev–Trinajstić information content (AvgIpc) is 3.33. The summed E-state index contributed by atoms with van der Waals surface area (Å²) in [5.41, 5.74) is 4.65. The number of fused-ring (bicyclic) bond motifs is 1. The summed E-state index contributed by atoms with van der Waals surface area (Å²) in [6.07, 6.45) is 2.10. The molecule has 5 rings (SSSR count). The van der Waals surface area contributed by atoms with Gasteiger partial charge in [0.2, 0.25) is 0 Å². The highest BCUT2D eigenvalue weighted by atomic mass is 32.1. The van der Waals surface area contributed by atoms with Crippen molar-refractivity contribution in [1.29, 1.82) is 0 Å². The van der Waals surface area contributed by atoms with E-state index in [1.165, 1.54) is 21.4 Å². The Balaban J connectivity index is 1.65. The lowest BCUT2D eigenvalue weighted by Crippen LogP contribution is -2.44. The molecule has 1 fully saturated rings. The third-order valence-corrected chi connectivity index (χ3v) is 6.44. The van der Waals surface area contributed by atoms with Crippen molar-refractivity contribution < 1.29 is 0 Å². The van der Waals surface area contributed by atoms with Crippen molar-refractivity contribution in [2.75, 3.05) is 38.1 Å². The zero-order chi connectivity index (χ0) is 18.2. The van der Waals surface area contributed by atoms with Gasteiger partial charge in [-0.25, -0.2) is 4.98 Å². The first-order valence-electron chi connectivity index (χ1n) is 9.36. The van der Waals surface area contributed by atoms with E-state index < -0.39 is 0 Å². The second-order valence-corrected chi connectivity index (χ2v) is 8.06. The Bertz CT molecular complexity index is 1060. The summed E-state index contributed by atoms with van der Waals surface area (Å²) in [6.45, 7) is 4.24. The molecule has 0 bridgehead atoms. The van der Waals surface area contributed by atoms with Crippen LogP contribution < -0.4 is 4.90 Å². The average molecular weight is 375 g/mol. The van der Waals surface area contributed by atoms with Crippen molar-refractivity contribution in [3.8, 4) is 21.7 Å². The van der Waals surface area contributed by atoms with Crippen LogP contribution >= 0.6 is 11.3 Å². The number of aromatic amines is 1. The van der Waals surface area contributed by atoms with Gasteiger partial charge in [0.15, 0.2) is 5.13 Å². The normalized spacial score (nSPS) is 15.5. The summed E-state index contributed by atoms with van der Waals surface area (Å²) < 4.78 is 0. The molecule has 5 heteroatoms. The van der Waals surface area contributed by atoms with E-state index >= 15 is 0 Å². The summed E-state index contributed by atoms with van der Waals surface area (Å²) in [4.78, 5) is 14.6. The fourth-order valence-electron chi connectivity index (χ4n) is 3.68. The van der Waals surface area contributed by atoms with Crippen LogP contribution in [0.2, 0.25) is 0 Å². The smallest absolute Gasteiger partial charge is 0.186 e. The van der Waals surface area contributed by atoms with Crippen LogP contribution in [0, 0.1) is 0 Å². The van der Waals surface area contributed by atoms with Crippen LogP contribution in [-0.4, -0.2) is 48.1 Å². The van der Waals surface area contributed by atoms with Gasteiger partial charge in [0.05, 0.1) is 10.6 Å². The van der Waals surface area contributed by atoms with Crippen molar-refractivity contribution >= 4 is 27.4 Å². The van der Waals surface area contributed by atoms with Crippen LogP contribution in [0.1, 0.15) is 0 Å². The Kier molecular flexibility index (Phi) is 4.19. The van der Waals surface area contributed by atoms with E-state index in [-0.39, 0.29) is 0 Å². The number of benzene rings is 2. The molecule has 4 nitrogen and oxygen atoms in total. The minimum Gasteiger partial charge on any atom is -0.360 e. The lowest BCUT2D eigenvalue weighted by molar-refractivity contribution is 0.313. The van der Waals surface area contributed by atoms with Gasteiger partial charge in [0.1, 0.15) is 0 Å². The molecule has 0 amide bonds. The van der Waals surface area contributed by atoms with Crippen molar-refractivity contribution in [3.63, 3.8) is 0 Å². The number of anilines is 1. The van der Waals surface area contributed by atoms with E-state index in [1.807, 2.05) is 11.3 Å². The molecule has 27 heavy (non-hydrogen) atoms. The molecule has 4 aromatic rings. The Hall–Kier alpha value is -2.63. The lowest BCUT2D eigenvalue weighted by Gasteiger charge is -2.32.